The Labute approximate surface area is 140 Å². The minimum atomic E-state index is -2.44. The average molecular weight is 335 g/mol. The van der Waals surface area contributed by atoms with Crippen molar-refractivity contribution in [3.63, 3.8) is 0 Å². The van der Waals surface area contributed by atoms with Crippen molar-refractivity contribution >= 4 is 0 Å². The zero-order valence-electron chi connectivity index (χ0n) is 13.8. The second-order valence-electron chi connectivity index (χ2n) is 6.61. The number of tetrazole rings is 1. The van der Waals surface area contributed by atoms with Gasteiger partial charge in [-0.3, -0.25) is 0 Å². The van der Waals surface area contributed by atoms with Crippen LogP contribution in [0.25, 0.3) is 5.69 Å². The first kappa shape index (κ1) is 17.0. The molecule has 0 bridgehead atoms. The molecular weight excluding hydrogens is 312 g/mol. The van der Waals surface area contributed by atoms with E-state index in [0.29, 0.717) is 18.8 Å². The molecule has 1 heterocycles. The molecule has 1 aromatic carbocycles. The van der Waals surface area contributed by atoms with Gasteiger partial charge in [0.1, 0.15) is 6.33 Å². The van der Waals surface area contributed by atoms with Crippen molar-refractivity contribution in [2.45, 2.75) is 51.0 Å². The lowest BCUT2D eigenvalue weighted by Gasteiger charge is -2.28. The Morgan fingerprint density at radius 1 is 1.33 bits per heavy atom. The van der Waals surface area contributed by atoms with Crippen LogP contribution in [0.5, 0.6) is 0 Å². The second-order valence-corrected chi connectivity index (χ2v) is 6.61. The molecule has 1 aromatic heterocycles. The average Bonchev–Trinajstić information content (AvgIpc) is 3.11. The van der Waals surface area contributed by atoms with Crippen LogP contribution in [0.15, 0.2) is 30.6 Å². The fraction of sp³-hybridized carbons (Fsp3) is 0.588. The molecule has 1 atom stereocenters. The lowest BCUT2D eigenvalue weighted by molar-refractivity contribution is -0.0464. The van der Waals surface area contributed by atoms with Crippen molar-refractivity contribution in [3.05, 3.63) is 36.2 Å². The highest BCUT2D eigenvalue weighted by Gasteiger charge is 2.34. The molecule has 1 aliphatic carbocycles. The topological polar surface area (TPSA) is 55.6 Å². The molecule has 1 fully saturated rings. The van der Waals surface area contributed by atoms with Gasteiger partial charge >= 0.3 is 0 Å². The normalized spacial score (nSPS) is 19.3. The quantitative estimate of drug-likeness (QED) is 0.877. The van der Waals surface area contributed by atoms with Gasteiger partial charge in [-0.25, -0.2) is 13.5 Å². The fourth-order valence-electron chi connectivity index (χ4n) is 3.23. The third-order valence-corrected chi connectivity index (χ3v) is 4.82. The van der Waals surface area contributed by atoms with E-state index in [2.05, 4.69) is 39.9 Å². The summed E-state index contributed by atoms with van der Waals surface area (Å²) in [6.07, 6.45) is 3.88. The minimum absolute atomic E-state index is 0.0429. The van der Waals surface area contributed by atoms with Gasteiger partial charge in [-0.1, -0.05) is 12.1 Å². The Morgan fingerprint density at radius 2 is 2.12 bits per heavy atom. The first-order chi connectivity index (χ1) is 11.5. The Kier molecular flexibility index (Phi) is 5.18. The van der Waals surface area contributed by atoms with Crippen LogP contribution in [0.1, 0.15) is 50.6 Å². The predicted octanol–water partition coefficient (Wildman–Crippen LogP) is 3.53. The van der Waals surface area contributed by atoms with Gasteiger partial charge in [-0.2, -0.15) is 0 Å². The maximum atomic E-state index is 13.2. The molecule has 5 nitrogen and oxygen atoms in total. The number of hydrogen-bond acceptors (Lipinski definition) is 4. The number of rotatable bonds is 6. The van der Waals surface area contributed by atoms with Crippen LogP contribution >= 0.6 is 0 Å². The summed E-state index contributed by atoms with van der Waals surface area (Å²) in [4.78, 5) is 0. The fourth-order valence-corrected chi connectivity index (χ4v) is 3.23. The highest BCUT2D eigenvalue weighted by atomic mass is 19.3. The molecule has 7 heteroatoms. The van der Waals surface area contributed by atoms with Gasteiger partial charge in [0.05, 0.1) is 5.69 Å². The van der Waals surface area contributed by atoms with Gasteiger partial charge in [0, 0.05) is 18.9 Å². The van der Waals surface area contributed by atoms with Gasteiger partial charge in [-0.05, 0) is 66.8 Å². The molecule has 0 saturated heterocycles. The lowest BCUT2D eigenvalue weighted by Crippen LogP contribution is -2.27. The van der Waals surface area contributed by atoms with Crippen molar-refractivity contribution in [1.29, 1.82) is 0 Å². The SMILES string of the molecule is CC(NCCC1CCC(F)(F)CC1)c1cccc(-n2cnnn2)c1. The molecule has 1 unspecified atom stereocenters. The van der Waals surface area contributed by atoms with Crippen molar-refractivity contribution < 1.29 is 8.78 Å². The molecule has 0 amide bonds. The molecule has 0 radical (unpaired) electrons. The van der Waals surface area contributed by atoms with Crippen LogP contribution in [0.2, 0.25) is 0 Å². The Balaban J connectivity index is 1.49. The van der Waals surface area contributed by atoms with E-state index >= 15 is 0 Å². The number of alkyl halides is 2. The maximum absolute atomic E-state index is 13.2. The molecule has 0 aliphatic heterocycles. The lowest BCUT2D eigenvalue weighted by atomic mass is 9.85. The van der Waals surface area contributed by atoms with Crippen molar-refractivity contribution in [2.75, 3.05) is 6.54 Å². The molecule has 1 aliphatic rings. The molecule has 1 N–H and O–H groups in total. The molecule has 2 aromatic rings. The van der Waals surface area contributed by atoms with Crippen LogP contribution in [-0.2, 0) is 0 Å². The number of nitrogens with zero attached hydrogens (tertiary/aromatic N) is 4. The Bertz CT molecular complexity index is 634. The molecular formula is C17H23F2N5. The smallest absolute Gasteiger partial charge is 0.248 e. The van der Waals surface area contributed by atoms with Crippen molar-refractivity contribution in [1.82, 2.24) is 25.5 Å². The van der Waals surface area contributed by atoms with E-state index in [9.17, 15) is 8.78 Å². The number of aromatic nitrogens is 4. The number of nitrogens with one attached hydrogen (secondary N) is 1. The molecule has 1 saturated carbocycles. The zero-order chi connectivity index (χ0) is 17.0. The summed E-state index contributed by atoms with van der Waals surface area (Å²) in [6.45, 7) is 2.94. The summed E-state index contributed by atoms with van der Waals surface area (Å²) < 4.78 is 28.0. The maximum Gasteiger partial charge on any atom is 0.248 e. The van der Waals surface area contributed by atoms with Crippen LogP contribution < -0.4 is 5.32 Å². The molecule has 0 spiro atoms. The van der Waals surface area contributed by atoms with E-state index in [-0.39, 0.29) is 18.9 Å². The monoisotopic (exact) mass is 335 g/mol. The number of benzene rings is 1. The van der Waals surface area contributed by atoms with E-state index in [1.54, 1.807) is 11.0 Å². The van der Waals surface area contributed by atoms with E-state index in [4.69, 9.17) is 0 Å². The summed E-state index contributed by atoms with van der Waals surface area (Å²) in [5, 5.41) is 14.7. The standard InChI is InChI=1S/C17H23F2N5/c1-13(20-10-7-14-5-8-17(18,19)9-6-14)15-3-2-4-16(11-15)24-12-21-22-23-24/h2-4,11-14,20H,5-10H2,1H3. The van der Waals surface area contributed by atoms with E-state index < -0.39 is 5.92 Å². The second kappa shape index (κ2) is 7.34. The van der Waals surface area contributed by atoms with E-state index in [0.717, 1.165) is 24.2 Å². The van der Waals surface area contributed by atoms with E-state index in [1.807, 2.05) is 12.1 Å². The first-order valence-electron chi connectivity index (χ1n) is 8.48. The van der Waals surface area contributed by atoms with Gasteiger partial charge in [-0.15, -0.1) is 5.10 Å². The summed E-state index contributed by atoms with van der Waals surface area (Å²) in [6, 6.07) is 8.23. The van der Waals surface area contributed by atoms with Gasteiger partial charge in [0.25, 0.3) is 0 Å². The molecule has 3 rings (SSSR count). The minimum Gasteiger partial charge on any atom is -0.310 e. The highest BCUT2D eigenvalue weighted by molar-refractivity contribution is 5.35. The summed E-state index contributed by atoms with van der Waals surface area (Å²) >= 11 is 0. The van der Waals surface area contributed by atoms with Crippen molar-refractivity contribution in [3.8, 4) is 5.69 Å². The van der Waals surface area contributed by atoms with Crippen LogP contribution in [0.3, 0.4) is 0 Å². The van der Waals surface area contributed by atoms with Crippen LogP contribution in [0, 0.1) is 5.92 Å². The summed E-state index contributed by atoms with van der Waals surface area (Å²) in [5.41, 5.74) is 2.07. The predicted molar refractivity (Wildman–Crippen MR) is 87.1 cm³/mol. The molecule has 24 heavy (non-hydrogen) atoms. The highest BCUT2D eigenvalue weighted by Crippen LogP contribution is 2.37. The Hall–Kier alpha value is -1.89. The zero-order valence-corrected chi connectivity index (χ0v) is 13.8. The van der Waals surface area contributed by atoms with Crippen LogP contribution in [-0.4, -0.2) is 32.7 Å². The third-order valence-electron chi connectivity index (χ3n) is 4.82. The summed E-state index contributed by atoms with van der Waals surface area (Å²) in [7, 11) is 0. The largest absolute Gasteiger partial charge is 0.310 e. The van der Waals surface area contributed by atoms with Crippen molar-refractivity contribution in [2.24, 2.45) is 5.92 Å². The third kappa shape index (κ3) is 4.35. The van der Waals surface area contributed by atoms with Gasteiger partial charge in [0.2, 0.25) is 5.92 Å². The Morgan fingerprint density at radius 3 is 2.83 bits per heavy atom. The first-order valence-corrected chi connectivity index (χ1v) is 8.48. The van der Waals surface area contributed by atoms with E-state index in [1.165, 1.54) is 0 Å². The number of halogens is 2. The van der Waals surface area contributed by atoms with Gasteiger partial charge in [0.15, 0.2) is 0 Å². The van der Waals surface area contributed by atoms with Crippen LogP contribution in [0.4, 0.5) is 8.78 Å². The molecule has 130 valence electrons. The summed E-state index contributed by atoms with van der Waals surface area (Å²) in [5.74, 6) is -2.02. The van der Waals surface area contributed by atoms with Gasteiger partial charge < -0.3 is 5.32 Å². The number of hydrogen-bond donors (Lipinski definition) is 1.